The van der Waals surface area contributed by atoms with E-state index in [2.05, 4.69) is 0 Å². The van der Waals surface area contributed by atoms with Crippen LogP contribution in [0, 0.1) is 10.1 Å². The van der Waals surface area contributed by atoms with Gasteiger partial charge in [0.25, 0.3) is 11.6 Å². The zero-order chi connectivity index (χ0) is 23.8. The summed E-state index contributed by atoms with van der Waals surface area (Å²) in [6, 6.07) is 9.82. The van der Waals surface area contributed by atoms with Gasteiger partial charge >= 0.3 is 0 Å². The van der Waals surface area contributed by atoms with Gasteiger partial charge in [-0.3, -0.25) is 14.9 Å². The second kappa shape index (κ2) is 9.11. The van der Waals surface area contributed by atoms with E-state index in [0.717, 1.165) is 31.2 Å². The molecule has 1 fully saturated rings. The largest absolute Gasteiger partial charge is 0.372 e. The Hall–Kier alpha value is -2.98. The molecule has 0 bridgehead atoms. The molecule has 9 nitrogen and oxygen atoms in total. The van der Waals surface area contributed by atoms with Gasteiger partial charge < -0.3 is 9.80 Å². The maximum Gasteiger partial charge on any atom is 0.293 e. The summed E-state index contributed by atoms with van der Waals surface area (Å²) in [6.07, 6.45) is 4.10. The van der Waals surface area contributed by atoms with Crippen molar-refractivity contribution < 1.29 is 18.1 Å². The highest BCUT2D eigenvalue weighted by atomic mass is 32.2. The number of anilines is 1. The molecule has 1 aliphatic heterocycles. The van der Waals surface area contributed by atoms with Crippen LogP contribution < -0.4 is 4.90 Å². The molecule has 1 amide bonds. The summed E-state index contributed by atoms with van der Waals surface area (Å²) < 4.78 is 27.8. The van der Waals surface area contributed by atoms with Crippen LogP contribution in [0.1, 0.15) is 34.3 Å². The molecule has 0 saturated carbocycles. The maximum atomic E-state index is 13.2. The SMILES string of the molecule is CN(C)c1ccc(C(=O)N2CCN(S(=O)(=O)c3ccc4c(c3)CCCC4)CC2)cc1[N+](=O)[O-]. The average Bonchev–Trinajstić information content (AvgIpc) is 2.82. The Kier molecular flexibility index (Phi) is 6.40. The third-order valence-electron chi connectivity index (χ3n) is 6.38. The first-order chi connectivity index (χ1) is 15.7. The standard InChI is InChI=1S/C23H28N4O5S/c1-24(2)21-10-8-19(16-22(21)27(29)30)23(28)25-11-13-26(14-12-25)33(31,32)20-9-7-17-5-3-4-6-18(17)15-20/h7-10,15-16H,3-6,11-14H2,1-2H3. The van der Waals surface area contributed by atoms with Crippen molar-refractivity contribution in [2.45, 2.75) is 30.6 Å². The van der Waals surface area contributed by atoms with E-state index in [0.29, 0.717) is 10.6 Å². The number of benzene rings is 2. The number of sulfonamides is 1. The molecule has 176 valence electrons. The van der Waals surface area contributed by atoms with Crippen LogP contribution in [0.2, 0.25) is 0 Å². The summed E-state index contributed by atoms with van der Waals surface area (Å²) in [5.41, 5.74) is 2.83. The van der Waals surface area contributed by atoms with Gasteiger partial charge in [-0.15, -0.1) is 0 Å². The molecule has 0 atom stereocenters. The molecule has 0 spiro atoms. The maximum absolute atomic E-state index is 13.2. The van der Waals surface area contributed by atoms with Crippen LogP contribution >= 0.6 is 0 Å². The van der Waals surface area contributed by atoms with E-state index < -0.39 is 14.9 Å². The first-order valence-corrected chi connectivity index (χ1v) is 12.5. The van der Waals surface area contributed by atoms with Gasteiger partial charge in [-0.25, -0.2) is 8.42 Å². The van der Waals surface area contributed by atoms with Crippen molar-refractivity contribution in [3.63, 3.8) is 0 Å². The molecule has 2 aromatic rings. The van der Waals surface area contributed by atoms with Gasteiger partial charge in [0.05, 0.1) is 9.82 Å². The number of carbonyl (C=O) groups excluding carboxylic acids is 1. The van der Waals surface area contributed by atoms with Crippen LogP contribution in [-0.4, -0.2) is 68.7 Å². The van der Waals surface area contributed by atoms with Gasteiger partial charge in [0.15, 0.2) is 0 Å². The van der Waals surface area contributed by atoms with E-state index in [1.807, 2.05) is 6.07 Å². The molecule has 0 N–H and O–H groups in total. The van der Waals surface area contributed by atoms with Crippen molar-refractivity contribution in [2.24, 2.45) is 0 Å². The minimum Gasteiger partial charge on any atom is -0.372 e. The summed E-state index contributed by atoms with van der Waals surface area (Å²) in [6.45, 7) is 0.824. The van der Waals surface area contributed by atoms with Gasteiger partial charge in [0.1, 0.15) is 5.69 Å². The summed E-state index contributed by atoms with van der Waals surface area (Å²) in [7, 11) is -0.241. The minimum absolute atomic E-state index is 0.139. The fourth-order valence-corrected chi connectivity index (χ4v) is 5.99. The molecule has 0 aromatic heterocycles. The molecule has 0 radical (unpaired) electrons. The summed E-state index contributed by atoms with van der Waals surface area (Å²) >= 11 is 0. The minimum atomic E-state index is -3.64. The van der Waals surface area contributed by atoms with Gasteiger partial charge in [-0.2, -0.15) is 4.31 Å². The Bertz CT molecular complexity index is 1190. The lowest BCUT2D eigenvalue weighted by Crippen LogP contribution is -2.50. The van der Waals surface area contributed by atoms with E-state index >= 15 is 0 Å². The Morgan fingerprint density at radius 3 is 2.27 bits per heavy atom. The normalized spacial score (nSPS) is 16.8. The van der Waals surface area contributed by atoms with Crippen LogP contribution in [0.4, 0.5) is 11.4 Å². The topological polar surface area (TPSA) is 104 Å². The molecule has 33 heavy (non-hydrogen) atoms. The quantitative estimate of drug-likeness (QED) is 0.490. The molecular formula is C23H28N4O5S. The number of nitro groups is 1. The van der Waals surface area contributed by atoms with Crippen molar-refractivity contribution in [3.8, 4) is 0 Å². The smallest absolute Gasteiger partial charge is 0.293 e. The number of rotatable bonds is 5. The Morgan fingerprint density at radius 1 is 0.970 bits per heavy atom. The van der Waals surface area contributed by atoms with Crippen molar-refractivity contribution in [3.05, 3.63) is 63.2 Å². The fraction of sp³-hybridized carbons (Fsp3) is 0.435. The van der Waals surface area contributed by atoms with E-state index in [1.54, 1.807) is 48.2 Å². The van der Waals surface area contributed by atoms with Crippen LogP contribution in [-0.2, 0) is 22.9 Å². The van der Waals surface area contributed by atoms with Crippen molar-refractivity contribution in [1.82, 2.24) is 9.21 Å². The van der Waals surface area contributed by atoms with Crippen molar-refractivity contribution in [1.29, 1.82) is 0 Å². The summed E-state index contributed by atoms with van der Waals surface area (Å²) in [4.78, 5) is 27.4. The molecule has 2 aromatic carbocycles. The molecule has 1 aliphatic carbocycles. The summed E-state index contributed by atoms with van der Waals surface area (Å²) in [5.74, 6) is -0.339. The van der Waals surface area contributed by atoms with E-state index in [4.69, 9.17) is 0 Å². The fourth-order valence-electron chi connectivity index (χ4n) is 4.51. The third-order valence-corrected chi connectivity index (χ3v) is 8.28. The van der Waals surface area contributed by atoms with Crippen LogP contribution in [0.25, 0.3) is 0 Å². The highest BCUT2D eigenvalue weighted by Crippen LogP contribution is 2.29. The van der Waals surface area contributed by atoms with Gasteiger partial charge in [-0.1, -0.05) is 6.07 Å². The highest BCUT2D eigenvalue weighted by Gasteiger charge is 2.31. The highest BCUT2D eigenvalue weighted by molar-refractivity contribution is 7.89. The second-order valence-corrected chi connectivity index (χ2v) is 10.6. The molecule has 1 heterocycles. The molecular weight excluding hydrogens is 444 g/mol. The lowest BCUT2D eigenvalue weighted by Gasteiger charge is -2.34. The molecule has 1 saturated heterocycles. The number of amides is 1. The predicted octanol–water partition coefficient (Wildman–Crippen LogP) is 2.69. The van der Waals surface area contributed by atoms with Crippen LogP contribution in [0.5, 0.6) is 0 Å². The number of carbonyl (C=O) groups is 1. The molecule has 4 rings (SSSR count). The van der Waals surface area contributed by atoms with Crippen LogP contribution in [0.3, 0.4) is 0 Å². The Balaban J connectivity index is 1.47. The first kappa shape index (κ1) is 23.2. The zero-order valence-electron chi connectivity index (χ0n) is 18.9. The third kappa shape index (κ3) is 4.58. The Labute approximate surface area is 193 Å². The molecule has 2 aliphatic rings. The molecule has 0 unspecified atom stereocenters. The second-order valence-electron chi connectivity index (χ2n) is 8.69. The molecule has 10 heteroatoms. The van der Waals surface area contributed by atoms with E-state index in [1.165, 1.54) is 15.9 Å². The van der Waals surface area contributed by atoms with Gasteiger partial charge in [-0.05, 0) is 61.1 Å². The van der Waals surface area contributed by atoms with Crippen molar-refractivity contribution in [2.75, 3.05) is 45.2 Å². The van der Waals surface area contributed by atoms with E-state index in [-0.39, 0.29) is 43.3 Å². The van der Waals surface area contributed by atoms with E-state index in [9.17, 15) is 23.3 Å². The number of aryl methyl sites for hydroxylation is 2. The number of piperazine rings is 1. The Morgan fingerprint density at radius 2 is 1.64 bits per heavy atom. The van der Waals surface area contributed by atoms with Crippen LogP contribution in [0.15, 0.2) is 41.3 Å². The van der Waals surface area contributed by atoms with Crippen molar-refractivity contribution >= 4 is 27.3 Å². The van der Waals surface area contributed by atoms with Gasteiger partial charge in [0, 0.05) is 51.9 Å². The zero-order valence-corrected chi connectivity index (χ0v) is 19.7. The monoisotopic (exact) mass is 472 g/mol. The number of fused-ring (bicyclic) bond motifs is 1. The predicted molar refractivity (Wildman–Crippen MR) is 125 cm³/mol. The first-order valence-electron chi connectivity index (χ1n) is 11.1. The van der Waals surface area contributed by atoms with Gasteiger partial charge in [0.2, 0.25) is 10.0 Å². The number of nitro benzene ring substituents is 1. The number of nitrogens with zero attached hydrogens (tertiary/aromatic N) is 4. The number of hydrogen-bond acceptors (Lipinski definition) is 6. The summed E-state index contributed by atoms with van der Waals surface area (Å²) in [5, 5.41) is 11.4. The lowest BCUT2D eigenvalue weighted by atomic mass is 9.92. The average molecular weight is 473 g/mol. The number of hydrogen-bond donors (Lipinski definition) is 0. The lowest BCUT2D eigenvalue weighted by molar-refractivity contribution is -0.384.